The van der Waals surface area contributed by atoms with Gasteiger partial charge in [0.1, 0.15) is 12.6 Å². The number of benzene rings is 3. The molecule has 30 heavy (non-hydrogen) atoms. The molecule has 5 heteroatoms. The maximum Gasteiger partial charge on any atom is 2.00 e. The second kappa shape index (κ2) is 11.4. The normalized spacial score (nSPS) is 20.5. The minimum Gasteiger partial charge on any atom is -0.645 e. The van der Waals surface area contributed by atoms with Crippen LogP contribution in [0.2, 0.25) is 0 Å². The van der Waals surface area contributed by atoms with Crippen LogP contribution in [0.4, 0.5) is 0 Å². The second-order valence-electron chi connectivity index (χ2n) is 6.63. The van der Waals surface area contributed by atoms with Crippen LogP contribution in [0.5, 0.6) is 0 Å². The number of hydrogen-bond acceptors (Lipinski definition) is 3. The van der Waals surface area contributed by atoms with E-state index in [1.807, 2.05) is 66.7 Å². The summed E-state index contributed by atoms with van der Waals surface area (Å²) in [6.07, 6.45) is 1.78. The minimum absolute atomic E-state index is 0. The minimum atomic E-state index is 0. The van der Waals surface area contributed by atoms with Crippen molar-refractivity contribution in [3.05, 3.63) is 125 Å². The van der Waals surface area contributed by atoms with E-state index in [-0.39, 0.29) is 35.1 Å². The Hall–Kier alpha value is -2.76. The van der Waals surface area contributed by atoms with Gasteiger partial charge in [-0.2, -0.15) is 36.4 Å². The molecular weight excluding hydrogens is 385 g/mol. The average Bonchev–Trinajstić information content (AvgIpc) is 3.47. The van der Waals surface area contributed by atoms with Crippen LogP contribution in [0.15, 0.2) is 108 Å². The van der Waals surface area contributed by atoms with E-state index in [0.29, 0.717) is 25.0 Å². The van der Waals surface area contributed by atoms with Gasteiger partial charge in [0.25, 0.3) is 0 Å². The van der Waals surface area contributed by atoms with Gasteiger partial charge in [-0.15, -0.1) is 0 Å². The summed E-state index contributed by atoms with van der Waals surface area (Å²) in [6, 6.07) is 32.9. The van der Waals surface area contributed by atoms with Crippen molar-refractivity contribution in [3.8, 4) is 0 Å². The van der Waals surface area contributed by atoms with Crippen molar-refractivity contribution in [3.63, 3.8) is 0 Å². The van der Waals surface area contributed by atoms with E-state index >= 15 is 0 Å². The molecule has 2 aliphatic rings. The van der Waals surface area contributed by atoms with E-state index in [1.54, 1.807) is 6.08 Å². The van der Waals surface area contributed by atoms with Gasteiger partial charge in [-0.1, -0.05) is 72.3 Å². The van der Waals surface area contributed by atoms with E-state index in [9.17, 15) is 0 Å². The number of hydrogen-bond donors (Lipinski definition) is 0. The van der Waals surface area contributed by atoms with Crippen molar-refractivity contribution >= 4 is 29.0 Å². The second-order valence-corrected chi connectivity index (χ2v) is 6.63. The number of aliphatic imine (C=N–C) groups is 1. The largest absolute Gasteiger partial charge is 2.00 e. The zero-order valence-corrected chi connectivity index (χ0v) is 18.1. The van der Waals surface area contributed by atoms with E-state index in [4.69, 9.17) is 9.47 Å². The fraction of sp³-hybridized carbons (Fsp3) is 0.160. The molecule has 0 unspecified atom stereocenters. The zero-order chi connectivity index (χ0) is 19.7. The van der Waals surface area contributed by atoms with Crippen LogP contribution in [-0.2, 0) is 9.47 Å². The molecule has 0 N–H and O–H groups in total. The third kappa shape index (κ3) is 6.11. The molecule has 3 aromatic carbocycles. The van der Waals surface area contributed by atoms with Crippen LogP contribution in [0, 0.1) is 6.07 Å². The molecule has 4 nitrogen and oxygen atoms in total. The molecule has 2 atom stereocenters. The van der Waals surface area contributed by atoms with E-state index in [2.05, 4.69) is 40.6 Å². The molecule has 0 saturated carbocycles. The van der Waals surface area contributed by atoms with Gasteiger partial charge in [-0.3, -0.25) is 0 Å². The smallest absolute Gasteiger partial charge is 0.645 e. The van der Waals surface area contributed by atoms with Crippen LogP contribution < -0.4 is 0 Å². The summed E-state index contributed by atoms with van der Waals surface area (Å²) in [6.45, 7) is 1.12. The fourth-order valence-electron chi connectivity index (χ4n) is 3.08. The molecule has 0 bridgehead atoms. The van der Waals surface area contributed by atoms with Crippen LogP contribution >= 0.6 is 0 Å². The quantitative estimate of drug-likeness (QED) is 0.440. The van der Waals surface area contributed by atoms with Gasteiger partial charge in [-0.25, -0.2) is 4.99 Å². The number of rotatable bonds is 3. The van der Waals surface area contributed by atoms with Crippen molar-refractivity contribution in [2.45, 2.75) is 12.1 Å². The van der Waals surface area contributed by atoms with Crippen LogP contribution in [-0.4, -0.2) is 42.2 Å². The Morgan fingerprint density at radius 2 is 1.43 bits per heavy atom. The molecule has 1 fully saturated rings. The molecule has 5 rings (SSSR count). The molecule has 0 spiro atoms. The van der Waals surface area contributed by atoms with Gasteiger partial charge in [0, 0.05) is 12.0 Å². The maximum atomic E-state index is 5.66. The van der Waals surface area contributed by atoms with E-state index in [0.717, 1.165) is 11.1 Å². The van der Waals surface area contributed by atoms with Crippen LogP contribution in [0.25, 0.3) is 5.32 Å². The summed E-state index contributed by atoms with van der Waals surface area (Å²) in [5.41, 5.74) is 2.32. The molecule has 0 aromatic heterocycles. The molecule has 2 aliphatic heterocycles. The van der Waals surface area contributed by atoms with Crippen molar-refractivity contribution in [1.82, 2.24) is 0 Å². The summed E-state index contributed by atoms with van der Waals surface area (Å²) in [5.74, 6) is 1.18. The standard InChI is InChI=1S/C19H17N2O2.C6H5.Mg/c1-3-7-14(8-4-1)16-12-22-18(20-16)11-19-21-17(13-23-19)15-9-5-2-6-10-15;1-2-4-6-5-3-1;/h1-11,16-17H,12-13H2;1-5H;/q2*-1;+2/b18-11+;;/t16-,17-;;/m1../s1. The zero-order valence-electron chi connectivity index (χ0n) is 16.7. The molecule has 1 saturated heterocycles. The Labute approximate surface area is 193 Å². The Balaban J connectivity index is 0.000000317. The first-order valence-electron chi connectivity index (χ1n) is 9.65. The average molecular weight is 407 g/mol. The van der Waals surface area contributed by atoms with Gasteiger partial charge < -0.3 is 14.8 Å². The predicted octanol–water partition coefficient (Wildman–Crippen LogP) is 5.25. The van der Waals surface area contributed by atoms with Crippen molar-refractivity contribution in [1.29, 1.82) is 0 Å². The molecule has 0 amide bonds. The molecular formula is C25H22MgN2O2. The predicted molar refractivity (Wildman–Crippen MR) is 120 cm³/mol. The summed E-state index contributed by atoms with van der Waals surface area (Å²) >= 11 is 0. The summed E-state index contributed by atoms with van der Waals surface area (Å²) < 4.78 is 11.3. The molecule has 0 aliphatic carbocycles. The first kappa shape index (κ1) is 21.9. The van der Waals surface area contributed by atoms with Gasteiger partial charge >= 0.3 is 23.1 Å². The van der Waals surface area contributed by atoms with E-state index < -0.39 is 0 Å². The molecule has 0 radical (unpaired) electrons. The Bertz CT molecular complexity index is 920. The first-order chi connectivity index (χ1) is 14.4. The van der Waals surface area contributed by atoms with Crippen LogP contribution in [0.3, 0.4) is 0 Å². The summed E-state index contributed by atoms with van der Waals surface area (Å²) in [4.78, 5) is 4.60. The molecule has 146 valence electrons. The van der Waals surface area contributed by atoms with Crippen molar-refractivity contribution in [2.75, 3.05) is 13.2 Å². The molecule has 3 aromatic rings. The van der Waals surface area contributed by atoms with Crippen molar-refractivity contribution in [2.24, 2.45) is 4.99 Å². The number of nitrogens with zero attached hydrogens (tertiary/aromatic N) is 2. The van der Waals surface area contributed by atoms with Gasteiger partial charge in [0.15, 0.2) is 0 Å². The number of ether oxygens (including phenoxy) is 2. The molecule has 2 heterocycles. The fourth-order valence-corrected chi connectivity index (χ4v) is 3.08. The van der Waals surface area contributed by atoms with Gasteiger partial charge in [0.05, 0.1) is 6.61 Å². The summed E-state index contributed by atoms with van der Waals surface area (Å²) in [5, 5.41) is 4.60. The van der Waals surface area contributed by atoms with Gasteiger partial charge in [-0.05, 0) is 5.56 Å². The third-order valence-corrected chi connectivity index (χ3v) is 4.57. The summed E-state index contributed by atoms with van der Waals surface area (Å²) in [7, 11) is 0. The third-order valence-electron chi connectivity index (χ3n) is 4.57. The van der Waals surface area contributed by atoms with Crippen molar-refractivity contribution < 1.29 is 9.47 Å². The SMILES string of the molecule is C(/C1=N[C@@H](c2ccccc2)CO1)=C1/[N-][C@@H](c2ccccc2)CO1.[Mg+2].[c-]1ccccc1. The monoisotopic (exact) mass is 406 g/mol. The topological polar surface area (TPSA) is 44.9 Å². The Morgan fingerprint density at radius 1 is 0.800 bits per heavy atom. The first-order valence-corrected chi connectivity index (χ1v) is 9.65. The van der Waals surface area contributed by atoms with E-state index in [1.165, 1.54) is 0 Å². The Morgan fingerprint density at radius 3 is 2.03 bits per heavy atom. The maximum absolute atomic E-state index is 5.66. The Kier molecular flexibility index (Phi) is 8.36. The van der Waals surface area contributed by atoms with Gasteiger partial charge in [0.2, 0.25) is 5.90 Å². The van der Waals surface area contributed by atoms with Crippen LogP contribution in [0.1, 0.15) is 23.2 Å².